The van der Waals surface area contributed by atoms with Crippen LogP contribution in [0.5, 0.6) is 0 Å². The maximum absolute atomic E-state index is 5.19. The zero-order valence-electron chi connectivity index (χ0n) is 9.30. The van der Waals surface area contributed by atoms with Crippen molar-refractivity contribution in [1.29, 1.82) is 0 Å². The minimum atomic E-state index is 1.00. The van der Waals surface area contributed by atoms with Crippen molar-refractivity contribution in [2.24, 2.45) is 0 Å². The Morgan fingerprint density at radius 1 is 0.357 bits per heavy atom. The van der Waals surface area contributed by atoms with Gasteiger partial charge in [-0.2, -0.15) is 0 Å². The summed E-state index contributed by atoms with van der Waals surface area (Å²) in [5, 5.41) is 0. The lowest BCUT2D eigenvalue weighted by molar-refractivity contribution is 0.144. The van der Waals surface area contributed by atoms with Gasteiger partial charge in [-0.3, -0.25) is 0 Å². The molecule has 0 spiro atoms. The maximum atomic E-state index is 5.19. The molecule has 0 saturated carbocycles. The summed E-state index contributed by atoms with van der Waals surface area (Å²) in [6.07, 6.45) is 10.6. The normalized spacial score (nSPS) is 24.0. The molecule has 0 bridgehead atoms. The third-order valence-corrected chi connectivity index (χ3v) is 2.65. The second kappa shape index (κ2) is 9.47. The molecule has 84 valence electrons. The smallest absolute Gasteiger partial charge is 0.0466 e. The molecule has 2 nitrogen and oxygen atoms in total. The van der Waals surface area contributed by atoms with Gasteiger partial charge in [0.15, 0.2) is 0 Å². The first-order valence-corrected chi connectivity index (χ1v) is 6.15. The van der Waals surface area contributed by atoms with E-state index in [1.54, 1.807) is 0 Å². The molecule has 0 amide bonds. The van der Waals surface area contributed by atoms with Crippen molar-refractivity contribution >= 4 is 0 Å². The summed E-state index contributed by atoms with van der Waals surface area (Å²) < 4.78 is 10.4. The molecule has 2 saturated heterocycles. The van der Waals surface area contributed by atoms with E-state index in [0.29, 0.717) is 0 Å². The number of hydrogen-bond acceptors (Lipinski definition) is 2. The van der Waals surface area contributed by atoms with Crippen LogP contribution < -0.4 is 0 Å². The van der Waals surface area contributed by atoms with Crippen molar-refractivity contribution in [2.45, 2.75) is 51.4 Å². The van der Waals surface area contributed by atoms with Crippen molar-refractivity contribution in [3.63, 3.8) is 0 Å². The average molecular weight is 200 g/mol. The second-order valence-corrected chi connectivity index (χ2v) is 4.05. The summed E-state index contributed by atoms with van der Waals surface area (Å²) in [6, 6.07) is 0. The van der Waals surface area contributed by atoms with Gasteiger partial charge in [-0.1, -0.05) is 25.7 Å². The van der Waals surface area contributed by atoms with Crippen LogP contribution in [0.3, 0.4) is 0 Å². The third kappa shape index (κ3) is 7.34. The fourth-order valence-corrected chi connectivity index (χ4v) is 1.73. The molecule has 0 N–H and O–H groups in total. The Morgan fingerprint density at radius 3 is 0.929 bits per heavy atom. The van der Waals surface area contributed by atoms with Crippen LogP contribution in [-0.2, 0) is 9.47 Å². The van der Waals surface area contributed by atoms with Crippen LogP contribution >= 0.6 is 0 Å². The zero-order chi connectivity index (χ0) is 9.90. The van der Waals surface area contributed by atoms with E-state index in [4.69, 9.17) is 9.47 Å². The van der Waals surface area contributed by atoms with Crippen molar-refractivity contribution in [1.82, 2.24) is 0 Å². The lowest BCUT2D eigenvalue weighted by Crippen LogP contribution is -1.89. The van der Waals surface area contributed by atoms with E-state index in [0.717, 1.165) is 26.4 Å². The number of rotatable bonds is 0. The highest BCUT2D eigenvalue weighted by molar-refractivity contribution is 4.47. The van der Waals surface area contributed by atoms with Crippen LogP contribution in [0.2, 0.25) is 0 Å². The molecule has 14 heavy (non-hydrogen) atoms. The Hall–Kier alpha value is -0.0800. The maximum Gasteiger partial charge on any atom is 0.0466 e. The monoisotopic (exact) mass is 200 g/mol. The second-order valence-electron chi connectivity index (χ2n) is 4.05. The van der Waals surface area contributed by atoms with Gasteiger partial charge in [-0.25, -0.2) is 0 Å². The van der Waals surface area contributed by atoms with Crippen LogP contribution in [0.1, 0.15) is 51.4 Å². The van der Waals surface area contributed by atoms with Gasteiger partial charge in [0, 0.05) is 26.4 Å². The van der Waals surface area contributed by atoms with Crippen LogP contribution in [0.15, 0.2) is 0 Å². The van der Waals surface area contributed by atoms with Crippen molar-refractivity contribution in [3.05, 3.63) is 0 Å². The van der Waals surface area contributed by atoms with Crippen LogP contribution in [0, 0.1) is 0 Å². The van der Waals surface area contributed by atoms with Gasteiger partial charge in [-0.15, -0.1) is 0 Å². The van der Waals surface area contributed by atoms with Gasteiger partial charge < -0.3 is 9.47 Å². The fraction of sp³-hybridized carbons (Fsp3) is 1.00. The van der Waals surface area contributed by atoms with Gasteiger partial charge in [0.2, 0.25) is 0 Å². The SMILES string of the molecule is C1CCCOCC1.C1CCCOCC1. The average Bonchev–Trinajstić information content (AvgIpc) is 2.68. The summed E-state index contributed by atoms with van der Waals surface area (Å²) >= 11 is 0. The summed E-state index contributed by atoms with van der Waals surface area (Å²) in [5.41, 5.74) is 0. The zero-order valence-corrected chi connectivity index (χ0v) is 9.30. The van der Waals surface area contributed by atoms with E-state index in [-0.39, 0.29) is 0 Å². The molecule has 2 fully saturated rings. The molecule has 0 aliphatic carbocycles. The highest BCUT2D eigenvalue weighted by atomic mass is 16.5. The lowest BCUT2D eigenvalue weighted by Gasteiger charge is -1.91. The summed E-state index contributed by atoms with van der Waals surface area (Å²) in [6.45, 7) is 4.00. The predicted octanol–water partition coefficient (Wildman–Crippen LogP) is 3.15. The molecule has 0 aromatic rings. The van der Waals surface area contributed by atoms with E-state index in [1.807, 2.05) is 0 Å². The Morgan fingerprint density at radius 2 is 0.643 bits per heavy atom. The standard InChI is InChI=1S/2C6H12O/c2*1-2-4-6-7-5-3-1/h2*1-6H2. The van der Waals surface area contributed by atoms with E-state index in [9.17, 15) is 0 Å². The number of hydrogen-bond donors (Lipinski definition) is 0. The largest absolute Gasteiger partial charge is 0.381 e. The van der Waals surface area contributed by atoms with E-state index < -0.39 is 0 Å². The predicted molar refractivity (Wildman–Crippen MR) is 58.6 cm³/mol. The van der Waals surface area contributed by atoms with Crippen molar-refractivity contribution in [3.8, 4) is 0 Å². The van der Waals surface area contributed by atoms with Gasteiger partial charge in [-0.05, 0) is 25.7 Å². The molecule has 2 aliphatic rings. The van der Waals surface area contributed by atoms with Gasteiger partial charge in [0.1, 0.15) is 0 Å². The quantitative estimate of drug-likeness (QED) is 0.598. The van der Waals surface area contributed by atoms with Gasteiger partial charge >= 0.3 is 0 Å². The first-order chi connectivity index (χ1) is 7.00. The molecule has 2 heteroatoms. The molecular formula is C12H24O2. The molecule has 0 unspecified atom stereocenters. The van der Waals surface area contributed by atoms with Crippen LogP contribution in [-0.4, -0.2) is 26.4 Å². The topological polar surface area (TPSA) is 18.5 Å². The van der Waals surface area contributed by atoms with Gasteiger partial charge in [0.05, 0.1) is 0 Å². The highest BCUT2D eigenvalue weighted by Crippen LogP contribution is 2.05. The highest BCUT2D eigenvalue weighted by Gasteiger charge is 1.95. The summed E-state index contributed by atoms with van der Waals surface area (Å²) in [7, 11) is 0. The molecule has 2 heterocycles. The Labute approximate surface area is 88.0 Å². The third-order valence-electron chi connectivity index (χ3n) is 2.65. The first-order valence-electron chi connectivity index (χ1n) is 6.15. The molecule has 0 radical (unpaired) electrons. The Bertz CT molecular complexity index is 61.6. The van der Waals surface area contributed by atoms with E-state index in [1.165, 1.54) is 51.4 Å². The van der Waals surface area contributed by atoms with Crippen molar-refractivity contribution in [2.75, 3.05) is 26.4 Å². The first kappa shape index (κ1) is 12.0. The molecule has 0 aromatic heterocycles. The summed E-state index contributed by atoms with van der Waals surface area (Å²) in [5.74, 6) is 0. The van der Waals surface area contributed by atoms with Crippen LogP contribution in [0.25, 0.3) is 0 Å². The minimum absolute atomic E-state index is 1.00. The minimum Gasteiger partial charge on any atom is -0.381 e. The fourth-order valence-electron chi connectivity index (χ4n) is 1.73. The van der Waals surface area contributed by atoms with Crippen LogP contribution in [0.4, 0.5) is 0 Å². The molecule has 2 rings (SSSR count). The lowest BCUT2D eigenvalue weighted by atomic mass is 10.2. The summed E-state index contributed by atoms with van der Waals surface area (Å²) in [4.78, 5) is 0. The molecular weight excluding hydrogens is 176 g/mol. The van der Waals surface area contributed by atoms with Gasteiger partial charge in [0.25, 0.3) is 0 Å². The van der Waals surface area contributed by atoms with E-state index >= 15 is 0 Å². The number of ether oxygens (including phenoxy) is 2. The van der Waals surface area contributed by atoms with Crippen molar-refractivity contribution < 1.29 is 9.47 Å². The molecule has 0 aromatic carbocycles. The Balaban J connectivity index is 0.000000140. The molecule has 0 atom stereocenters. The van der Waals surface area contributed by atoms with E-state index in [2.05, 4.69) is 0 Å². The Kier molecular flexibility index (Phi) is 8.12. The molecule has 2 aliphatic heterocycles.